The highest BCUT2D eigenvalue weighted by atomic mass is 35.5. The van der Waals surface area contributed by atoms with Crippen LogP contribution in [0.3, 0.4) is 0 Å². The van der Waals surface area contributed by atoms with Crippen molar-refractivity contribution >= 4 is 17.6 Å². The Balaban J connectivity index is 3.49. The molecule has 0 unspecified atom stereocenters. The van der Waals surface area contributed by atoms with Crippen LogP contribution in [0.1, 0.15) is 21.5 Å². The summed E-state index contributed by atoms with van der Waals surface area (Å²) in [5.41, 5.74) is 0.368. The summed E-state index contributed by atoms with van der Waals surface area (Å²) in [6, 6.07) is 4.51. The van der Waals surface area contributed by atoms with Crippen molar-refractivity contribution < 1.29 is 14.6 Å². The van der Waals surface area contributed by atoms with Crippen LogP contribution in [-0.2, 0) is 10.6 Å². The molecular weight excluding hydrogens is 218 g/mol. The van der Waals surface area contributed by atoms with E-state index in [9.17, 15) is 9.90 Å². The Morgan fingerprint density at radius 3 is 2.80 bits per heavy atom. The van der Waals surface area contributed by atoms with Gasteiger partial charge in [0.05, 0.1) is 24.1 Å². The first-order chi connectivity index (χ1) is 7.15. The molecular formula is C10H8ClNO3. The van der Waals surface area contributed by atoms with Crippen LogP contribution in [-0.4, -0.2) is 18.2 Å². The second-order valence-corrected chi connectivity index (χ2v) is 2.99. The van der Waals surface area contributed by atoms with Gasteiger partial charge in [-0.2, -0.15) is 5.26 Å². The summed E-state index contributed by atoms with van der Waals surface area (Å²) in [6.07, 6.45) is 0. The van der Waals surface area contributed by atoms with E-state index >= 15 is 0 Å². The highest BCUT2D eigenvalue weighted by Gasteiger charge is 2.19. The number of benzene rings is 1. The number of nitriles is 1. The molecule has 0 radical (unpaired) electrons. The summed E-state index contributed by atoms with van der Waals surface area (Å²) >= 11 is 5.59. The van der Waals surface area contributed by atoms with Crippen LogP contribution in [0.2, 0.25) is 0 Å². The third-order valence-corrected chi connectivity index (χ3v) is 2.20. The molecule has 1 N–H and O–H groups in total. The van der Waals surface area contributed by atoms with Gasteiger partial charge < -0.3 is 9.84 Å². The molecule has 0 saturated carbocycles. The Labute approximate surface area is 91.7 Å². The molecule has 1 aromatic rings. The number of carbonyl (C=O) groups is 1. The molecule has 0 spiro atoms. The Morgan fingerprint density at radius 2 is 2.33 bits per heavy atom. The summed E-state index contributed by atoms with van der Waals surface area (Å²) in [6.45, 7) is 0. The highest BCUT2D eigenvalue weighted by molar-refractivity contribution is 6.18. The quantitative estimate of drug-likeness (QED) is 0.615. The largest absolute Gasteiger partial charge is 0.508 e. The molecule has 0 fully saturated rings. The van der Waals surface area contributed by atoms with Crippen molar-refractivity contribution in [1.82, 2.24) is 0 Å². The Hall–Kier alpha value is -1.73. The minimum atomic E-state index is -0.682. The van der Waals surface area contributed by atoms with Crippen molar-refractivity contribution in [3.63, 3.8) is 0 Å². The van der Waals surface area contributed by atoms with Crippen molar-refractivity contribution in [2.45, 2.75) is 5.88 Å². The molecule has 0 aliphatic carbocycles. The van der Waals surface area contributed by atoms with Gasteiger partial charge in [0.2, 0.25) is 0 Å². The smallest absolute Gasteiger partial charge is 0.339 e. The molecule has 4 nitrogen and oxygen atoms in total. The van der Waals surface area contributed by atoms with E-state index in [1.807, 2.05) is 6.07 Å². The predicted molar refractivity (Wildman–Crippen MR) is 53.7 cm³/mol. The van der Waals surface area contributed by atoms with Gasteiger partial charge in [0.15, 0.2) is 0 Å². The third-order valence-electron chi connectivity index (χ3n) is 1.93. The molecule has 0 aliphatic rings. The summed E-state index contributed by atoms with van der Waals surface area (Å²) < 4.78 is 4.52. The second-order valence-electron chi connectivity index (χ2n) is 2.72. The van der Waals surface area contributed by atoms with Gasteiger partial charge >= 0.3 is 5.97 Å². The molecule has 0 saturated heterocycles. The minimum absolute atomic E-state index is 0.0231. The lowest BCUT2D eigenvalue weighted by Crippen LogP contribution is -2.08. The van der Waals surface area contributed by atoms with Crippen molar-refractivity contribution in [1.29, 1.82) is 5.26 Å². The van der Waals surface area contributed by atoms with Crippen LogP contribution in [0, 0.1) is 11.3 Å². The maximum Gasteiger partial charge on any atom is 0.339 e. The average Bonchev–Trinajstić information content (AvgIpc) is 2.27. The number of carbonyl (C=O) groups excluding carboxylic acids is 1. The first-order valence-corrected chi connectivity index (χ1v) is 4.58. The molecule has 0 amide bonds. The number of methoxy groups -OCH3 is 1. The van der Waals surface area contributed by atoms with Gasteiger partial charge in [-0.25, -0.2) is 4.79 Å². The number of aromatic hydroxyl groups is 1. The number of alkyl halides is 1. The van der Waals surface area contributed by atoms with Gasteiger partial charge in [-0.3, -0.25) is 0 Å². The number of phenols is 1. The Bertz CT molecular complexity index is 437. The number of halogens is 1. The summed E-state index contributed by atoms with van der Waals surface area (Å²) in [4.78, 5) is 11.4. The molecule has 0 heterocycles. The predicted octanol–water partition coefficient (Wildman–Crippen LogP) is 1.79. The van der Waals surface area contributed by atoms with E-state index in [1.165, 1.54) is 19.2 Å². The fourth-order valence-corrected chi connectivity index (χ4v) is 1.47. The maximum absolute atomic E-state index is 11.4. The Kier molecular flexibility index (Phi) is 3.53. The lowest BCUT2D eigenvalue weighted by Gasteiger charge is -2.08. The van der Waals surface area contributed by atoms with E-state index in [1.54, 1.807) is 0 Å². The first-order valence-electron chi connectivity index (χ1n) is 4.05. The molecule has 0 aliphatic heterocycles. The fraction of sp³-hybridized carbons (Fsp3) is 0.200. The zero-order valence-corrected chi connectivity index (χ0v) is 8.71. The van der Waals surface area contributed by atoms with Crippen molar-refractivity contribution in [3.8, 4) is 11.8 Å². The number of esters is 1. The van der Waals surface area contributed by atoms with Gasteiger partial charge in [0, 0.05) is 5.56 Å². The lowest BCUT2D eigenvalue weighted by atomic mass is 10.0. The van der Waals surface area contributed by atoms with Crippen molar-refractivity contribution in [2.75, 3.05) is 7.11 Å². The van der Waals surface area contributed by atoms with Gasteiger partial charge in [-0.1, -0.05) is 0 Å². The molecule has 1 aromatic carbocycles. The molecule has 0 aromatic heterocycles. The monoisotopic (exact) mass is 225 g/mol. The summed E-state index contributed by atoms with van der Waals surface area (Å²) in [5, 5.41) is 18.2. The first kappa shape index (κ1) is 11.3. The van der Waals surface area contributed by atoms with Crippen LogP contribution < -0.4 is 0 Å². The van der Waals surface area contributed by atoms with Crippen molar-refractivity contribution in [2.24, 2.45) is 0 Å². The second kappa shape index (κ2) is 4.67. The Morgan fingerprint density at radius 1 is 1.67 bits per heavy atom. The van der Waals surface area contributed by atoms with E-state index in [4.69, 9.17) is 16.9 Å². The van der Waals surface area contributed by atoms with Crippen LogP contribution in [0.15, 0.2) is 12.1 Å². The number of nitrogens with zero attached hydrogens (tertiary/aromatic N) is 1. The van der Waals surface area contributed by atoms with Crippen molar-refractivity contribution in [3.05, 3.63) is 28.8 Å². The van der Waals surface area contributed by atoms with E-state index in [-0.39, 0.29) is 28.3 Å². The van der Waals surface area contributed by atoms with Gasteiger partial charge in [-0.15, -0.1) is 11.6 Å². The number of hydrogen-bond acceptors (Lipinski definition) is 4. The van der Waals surface area contributed by atoms with Crippen LogP contribution in [0.4, 0.5) is 0 Å². The fourth-order valence-electron chi connectivity index (χ4n) is 1.20. The third kappa shape index (κ3) is 2.03. The highest BCUT2D eigenvalue weighted by Crippen LogP contribution is 2.26. The minimum Gasteiger partial charge on any atom is -0.508 e. The lowest BCUT2D eigenvalue weighted by molar-refractivity contribution is 0.0599. The van der Waals surface area contributed by atoms with Gasteiger partial charge in [0.1, 0.15) is 11.8 Å². The molecule has 0 atom stereocenters. The van der Waals surface area contributed by atoms with Crippen LogP contribution >= 0.6 is 11.6 Å². The number of phenolic OH excluding ortho intramolecular Hbond substituents is 1. The topological polar surface area (TPSA) is 70.3 Å². The van der Waals surface area contributed by atoms with E-state index in [0.717, 1.165) is 0 Å². The van der Waals surface area contributed by atoms with E-state index in [0.29, 0.717) is 0 Å². The zero-order valence-electron chi connectivity index (χ0n) is 7.95. The zero-order chi connectivity index (χ0) is 11.4. The SMILES string of the molecule is COC(=O)c1c(C#N)ccc(O)c1CCl. The van der Waals surface area contributed by atoms with E-state index < -0.39 is 5.97 Å². The average molecular weight is 226 g/mol. The molecule has 0 bridgehead atoms. The summed E-state index contributed by atoms with van der Waals surface area (Å²) in [7, 11) is 1.20. The standard InChI is InChI=1S/C10H8ClNO3/c1-15-10(14)9-6(5-12)2-3-8(13)7(9)4-11/h2-3,13H,4H2,1H3. The molecule has 1 rings (SSSR count). The summed E-state index contributed by atoms with van der Waals surface area (Å²) in [5.74, 6) is -0.867. The van der Waals surface area contributed by atoms with Gasteiger partial charge in [-0.05, 0) is 12.1 Å². The molecule has 5 heteroatoms. The number of rotatable bonds is 2. The van der Waals surface area contributed by atoms with Gasteiger partial charge in [0.25, 0.3) is 0 Å². The molecule has 78 valence electrons. The van der Waals surface area contributed by atoms with Crippen LogP contribution in [0.25, 0.3) is 0 Å². The maximum atomic E-state index is 11.4. The van der Waals surface area contributed by atoms with E-state index in [2.05, 4.69) is 4.74 Å². The number of hydrogen-bond donors (Lipinski definition) is 1. The van der Waals surface area contributed by atoms with Crippen LogP contribution in [0.5, 0.6) is 5.75 Å². The molecule has 15 heavy (non-hydrogen) atoms. The number of ether oxygens (including phenoxy) is 1. The normalized spacial score (nSPS) is 9.40.